The van der Waals surface area contributed by atoms with Crippen LogP contribution in [0.4, 0.5) is 0 Å². The third kappa shape index (κ3) is 6.86. The van der Waals surface area contributed by atoms with Crippen LogP contribution in [0.2, 0.25) is 0 Å². The van der Waals surface area contributed by atoms with Gasteiger partial charge in [0.2, 0.25) is 5.16 Å². The molecule has 1 atom stereocenters. The maximum atomic E-state index is 9.68. The molecule has 0 saturated heterocycles. The summed E-state index contributed by atoms with van der Waals surface area (Å²) in [5.74, 6) is 0.526. The highest BCUT2D eigenvalue weighted by Gasteiger charge is 2.10. The molecule has 0 radical (unpaired) electrons. The third-order valence-electron chi connectivity index (χ3n) is 2.29. The van der Waals surface area contributed by atoms with Crippen LogP contribution in [0.3, 0.4) is 0 Å². The van der Waals surface area contributed by atoms with Crippen LogP contribution in [0.5, 0.6) is 0 Å². The van der Waals surface area contributed by atoms with Gasteiger partial charge in [-0.05, 0) is 17.4 Å². The van der Waals surface area contributed by atoms with E-state index in [1.165, 1.54) is 11.8 Å². The Labute approximate surface area is 118 Å². The summed E-state index contributed by atoms with van der Waals surface area (Å²) in [6.45, 7) is 8.59. The van der Waals surface area contributed by atoms with Crippen LogP contribution in [0.25, 0.3) is 0 Å². The van der Waals surface area contributed by atoms with Gasteiger partial charge < -0.3 is 15.2 Å². The highest BCUT2D eigenvalue weighted by molar-refractivity contribution is 7.99. The smallest absolute Gasteiger partial charge is 0.209 e. The Bertz CT molecular complexity index is 348. The van der Waals surface area contributed by atoms with E-state index in [1.54, 1.807) is 4.68 Å². The Morgan fingerprint density at radius 2 is 2.26 bits per heavy atom. The molecule has 1 unspecified atom stereocenters. The van der Waals surface area contributed by atoms with E-state index in [2.05, 4.69) is 34.7 Å². The van der Waals surface area contributed by atoms with Crippen molar-refractivity contribution in [3.8, 4) is 0 Å². The predicted octanol–water partition coefficient (Wildman–Crippen LogP) is 0.161. The largest absolute Gasteiger partial charge is 0.390 e. The molecular weight excluding hydrogens is 266 g/mol. The number of tetrazole rings is 1. The Hall–Kier alpha value is -0.700. The molecule has 1 aromatic rings. The van der Waals surface area contributed by atoms with Crippen LogP contribution >= 0.6 is 11.8 Å². The number of hydrogen-bond acceptors (Lipinski definition) is 7. The molecule has 0 amide bonds. The summed E-state index contributed by atoms with van der Waals surface area (Å²) in [5.41, 5.74) is 0. The van der Waals surface area contributed by atoms with E-state index in [9.17, 15) is 5.11 Å². The van der Waals surface area contributed by atoms with Gasteiger partial charge in [-0.15, -0.1) is 5.10 Å². The molecule has 2 N–H and O–H groups in total. The van der Waals surface area contributed by atoms with Gasteiger partial charge in [-0.1, -0.05) is 25.6 Å². The molecule has 110 valence electrons. The molecule has 0 aromatic carbocycles. The number of aliphatic hydroxyl groups excluding tert-OH is 1. The van der Waals surface area contributed by atoms with Crippen LogP contribution < -0.4 is 5.32 Å². The summed E-state index contributed by atoms with van der Waals surface area (Å²) in [4.78, 5) is 0. The molecule has 1 rings (SSSR count). The van der Waals surface area contributed by atoms with Crippen molar-refractivity contribution >= 4 is 11.8 Å². The van der Waals surface area contributed by atoms with Gasteiger partial charge in [-0.3, -0.25) is 0 Å². The first-order valence-electron chi connectivity index (χ1n) is 6.51. The Balaban J connectivity index is 2.31. The quantitative estimate of drug-likeness (QED) is 0.593. The lowest BCUT2D eigenvalue weighted by molar-refractivity contribution is 0.0551. The van der Waals surface area contributed by atoms with Crippen LogP contribution in [0.15, 0.2) is 5.16 Å². The van der Waals surface area contributed by atoms with Crippen molar-refractivity contribution in [2.24, 2.45) is 0 Å². The number of aliphatic hydroxyl groups is 1. The van der Waals surface area contributed by atoms with Crippen LogP contribution in [0.1, 0.15) is 20.8 Å². The van der Waals surface area contributed by atoms with Crippen LogP contribution in [-0.2, 0) is 11.3 Å². The lowest BCUT2D eigenvalue weighted by atomic mass is 10.4. The fourth-order valence-electron chi connectivity index (χ4n) is 1.37. The van der Waals surface area contributed by atoms with Gasteiger partial charge in [0.05, 0.1) is 19.3 Å². The predicted molar refractivity (Wildman–Crippen MR) is 74.2 cm³/mol. The summed E-state index contributed by atoms with van der Waals surface area (Å²) < 4.78 is 6.90. The van der Waals surface area contributed by atoms with Crippen molar-refractivity contribution in [1.29, 1.82) is 0 Å². The minimum absolute atomic E-state index is 0.347. The molecule has 0 saturated carbocycles. The number of rotatable bonds is 10. The average molecular weight is 289 g/mol. The molecule has 0 fully saturated rings. The molecule has 8 heteroatoms. The second-order valence-electron chi connectivity index (χ2n) is 4.42. The van der Waals surface area contributed by atoms with E-state index < -0.39 is 6.10 Å². The number of thioether (sulfide) groups is 1. The van der Waals surface area contributed by atoms with E-state index in [0.29, 0.717) is 25.0 Å². The first kappa shape index (κ1) is 16.4. The second-order valence-corrected chi connectivity index (χ2v) is 5.40. The van der Waals surface area contributed by atoms with E-state index in [1.807, 2.05) is 6.92 Å². The minimum atomic E-state index is -0.496. The Kier molecular flexibility index (Phi) is 7.96. The monoisotopic (exact) mass is 289 g/mol. The lowest BCUT2D eigenvalue weighted by Crippen LogP contribution is -2.27. The SMILES string of the molecule is CCOCC(O)CSc1nnnn1CCNC(C)C. The minimum Gasteiger partial charge on any atom is -0.390 e. The van der Waals surface area contributed by atoms with E-state index >= 15 is 0 Å². The van der Waals surface area contributed by atoms with Gasteiger partial charge in [-0.2, -0.15) is 0 Å². The summed E-state index contributed by atoms with van der Waals surface area (Å²) in [6, 6.07) is 0.445. The summed E-state index contributed by atoms with van der Waals surface area (Å²) >= 11 is 1.44. The van der Waals surface area contributed by atoms with Gasteiger partial charge in [0.25, 0.3) is 0 Å². The normalized spacial score (nSPS) is 13.1. The van der Waals surface area contributed by atoms with Crippen molar-refractivity contribution in [3.05, 3.63) is 0 Å². The molecule has 0 aliphatic heterocycles. The summed E-state index contributed by atoms with van der Waals surface area (Å²) in [5, 5.41) is 25.3. The van der Waals surface area contributed by atoms with Crippen LogP contribution in [-0.4, -0.2) is 63.0 Å². The van der Waals surface area contributed by atoms with Crippen molar-refractivity contribution < 1.29 is 9.84 Å². The van der Waals surface area contributed by atoms with E-state index in [0.717, 1.165) is 18.2 Å². The molecule has 0 bridgehead atoms. The number of hydrogen-bond donors (Lipinski definition) is 2. The van der Waals surface area contributed by atoms with Crippen molar-refractivity contribution in [3.63, 3.8) is 0 Å². The number of nitrogens with one attached hydrogen (secondary N) is 1. The summed E-state index contributed by atoms with van der Waals surface area (Å²) in [6.07, 6.45) is -0.496. The summed E-state index contributed by atoms with van der Waals surface area (Å²) in [7, 11) is 0. The number of nitrogens with zero attached hydrogens (tertiary/aromatic N) is 4. The van der Waals surface area contributed by atoms with Gasteiger partial charge in [0.15, 0.2) is 0 Å². The highest BCUT2D eigenvalue weighted by Crippen LogP contribution is 2.14. The average Bonchev–Trinajstić information content (AvgIpc) is 2.81. The maximum absolute atomic E-state index is 9.68. The number of ether oxygens (including phenoxy) is 1. The molecule has 0 aliphatic rings. The molecule has 0 aliphatic carbocycles. The molecular formula is C11H23N5O2S. The maximum Gasteiger partial charge on any atom is 0.209 e. The highest BCUT2D eigenvalue weighted by atomic mass is 32.2. The van der Waals surface area contributed by atoms with Crippen molar-refractivity contribution in [2.75, 3.05) is 25.5 Å². The molecule has 1 aromatic heterocycles. The zero-order chi connectivity index (χ0) is 14.1. The zero-order valence-corrected chi connectivity index (χ0v) is 12.6. The molecule has 7 nitrogen and oxygen atoms in total. The fraction of sp³-hybridized carbons (Fsp3) is 0.909. The van der Waals surface area contributed by atoms with Gasteiger partial charge in [0.1, 0.15) is 0 Å². The zero-order valence-electron chi connectivity index (χ0n) is 11.7. The first-order valence-corrected chi connectivity index (χ1v) is 7.50. The van der Waals surface area contributed by atoms with Gasteiger partial charge in [0, 0.05) is 24.9 Å². The third-order valence-corrected chi connectivity index (χ3v) is 3.40. The molecule has 19 heavy (non-hydrogen) atoms. The second kappa shape index (κ2) is 9.24. The Morgan fingerprint density at radius 1 is 1.47 bits per heavy atom. The van der Waals surface area contributed by atoms with E-state index in [-0.39, 0.29) is 0 Å². The topological polar surface area (TPSA) is 85.1 Å². The first-order chi connectivity index (χ1) is 9.13. The van der Waals surface area contributed by atoms with Crippen LogP contribution in [0, 0.1) is 0 Å². The van der Waals surface area contributed by atoms with Gasteiger partial charge in [-0.25, -0.2) is 4.68 Å². The fourth-order valence-corrected chi connectivity index (χ4v) is 2.18. The lowest BCUT2D eigenvalue weighted by Gasteiger charge is -2.10. The standard InChI is InChI=1S/C11H23N5O2S/c1-4-18-7-10(17)8-19-11-13-14-15-16(11)6-5-12-9(2)3/h9-10,12,17H,4-8H2,1-3H3. The molecule has 1 heterocycles. The van der Waals surface area contributed by atoms with Gasteiger partial charge >= 0.3 is 0 Å². The molecule has 0 spiro atoms. The number of aromatic nitrogens is 4. The Morgan fingerprint density at radius 3 is 2.95 bits per heavy atom. The van der Waals surface area contributed by atoms with E-state index in [4.69, 9.17) is 4.74 Å². The van der Waals surface area contributed by atoms with Crippen molar-refractivity contribution in [1.82, 2.24) is 25.5 Å². The van der Waals surface area contributed by atoms with Crippen molar-refractivity contribution in [2.45, 2.75) is 44.6 Å².